The van der Waals surface area contributed by atoms with Gasteiger partial charge in [0.25, 0.3) is 4.58 Å². The summed E-state index contributed by atoms with van der Waals surface area (Å²) in [5, 5.41) is -11.4. The molecule has 1 atom stereocenters. The molecule has 14 heteroatoms. The van der Waals surface area contributed by atoms with Gasteiger partial charge in [0.1, 0.15) is 0 Å². The second kappa shape index (κ2) is 6.58. The summed E-state index contributed by atoms with van der Waals surface area (Å²) in [6.07, 6.45) is 0. The van der Waals surface area contributed by atoms with Gasteiger partial charge >= 0.3 is 25.6 Å². The second-order valence-electron chi connectivity index (χ2n) is 4.17. The molecule has 138 valence electrons. The maximum atomic E-state index is 13.9. The Hall–Kier alpha value is -0.0800. The first-order chi connectivity index (χ1) is 10.4. The molecule has 0 saturated carbocycles. The Morgan fingerprint density at radius 1 is 0.875 bits per heavy atom. The molecule has 0 radical (unpaired) electrons. The SMILES string of the molecule is O=S(=O)(F)C(F)(F)C(F)(F)Sc1ccc(C(F)(Br)C(F)(F)Br)cc1. The smallest absolute Gasteiger partial charge is 0.218 e. The Morgan fingerprint density at radius 2 is 1.29 bits per heavy atom. The molecule has 0 N–H and O–H groups in total. The molecule has 1 aromatic carbocycles. The summed E-state index contributed by atoms with van der Waals surface area (Å²) in [6, 6.07) is 2.27. The number of benzene rings is 1. The molecule has 0 saturated heterocycles. The zero-order valence-electron chi connectivity index (χ0n) is 10.7. The van der Waals surface area contributed by atoms with Crippen molar-refractivity contribution in [3.63, 3.8) is 0 Å². The van der Waals surface area contributed by atoms with Gasteiger partial charge in [0.15, 0.2) is 0 Å². The molecule has 0 heterocycles. The van der Waals surface area contributed by atoms with E-state index in [0.717, 1.165) is 0 Å². The molecule has 0 fully saturated rings. The molecular weight excluding hydrogens is 528 g/mol. The summed E-state index contributed by atoms with van der Waals surface area (Å²) in [5.41, 5.74) is -0.748. The zero-order valence-corrected chi connectivity index (χ0v) is 15.5. The highest BCUT2D eigenvalue weighted by atomic mass is 79.9. The van der Waals surface area contributed by atoms with Gasteiger partial charge in [-0.15, -0.1) is 0 Å². The first kappa shape index (κ1) is 22.0. The van der Waals surface area contributed by atoms with E-state index in [1.807, 2.05) is 0 Å². The van der Waals surface area contributed by atoms with Crippen molar-refractivity contribution in [2.45, 2.75) is 24.8 Å². The van der Waals surface area contributed by atoms with E-state index < -0.39 is 52.4 Å². The Labute approximate surface area is 151 Å². The zero-order chi connectivity index (χ0) is 19.2. The van der Waals surface area contributed by atoms with Gasteiger partial charge in [0.2, 0.25) is 0 Å². The van der Waals surface area contributed by atoms with Gasteiger partial charge < -0.3 is 0 Å². The lowest BCUT2D eigenvalue weighted by Gasteiger charge is -2.25. The van der Waals surface area contributed by atoms with Gasteiger partial charge in [-0.3, -0.25) is 0 Å². The normalized spacial score (nSPS) is 16.8. The van der Waals surface area contributed by atoms with E-state index in [0.29, 0.717) is 24.3 Å². The van der Waals surface area contributed by atoms with Crippen molar-refractivity contribution < 1.29 is 43.0 Å². The fourth-order valence-corrected chi connectivity index (χ4v) is 3.13. The average molecular weight is 532 g/mol. The summed E-state index contributed by atoms with van der Waals surface area (Å²) in [6.45, 7) is 0. The Balaban J connectivity index is 3.12. The van der Waals surface area contributed by atoms with Crippen molar-refractivity contribution in [2.75, 3.05) is 0 Å². The first-order valence-electron chi connectivity index (χ1n) is 5.37. The van der Waals surface area contributed by atoms with E-state index in [1.165, 1.54) is 0 Å². The van der Waals surface area contributed by atoms with Crippen LogP contribution in [0.25, 0.3) is 0 Å². The minimum absolute atomic E-state index is 0.559. The van der Waals surface area contributed by atoms with Crippen molar-refractivity contribution in [1.82, 2.24) is 0 Å². The number of hydrogen-bond acceptors (Lipinski definition) is 3. The van der Waals surface area contributed by atoms with Gasteiger partial charge in [-0.05, 0) is 55.8 Å². The molecule has 1 rings (SSSR count). The predicted molar refractivity (Wildman–Crippen MR) is 77.8 cm³/mol. The number of halogens is 10. The lowest BCUT2D eigenvalue weighted by Crippen LogP contribution is -2.42. The van der Waals surface area contributed by atoms with E-state index in [2.05, 4.69) is 15.9 Å². The van der Waals surface area contributed by atoms with Crippen LogP contribution in [0.5, 0.6) is 0 Å². The third-order valence-electron chi connectivity index (χ3n) is 2.46. The summed E-state index contributed by atoms with van der Waals surface area (Å²) in [7, 11) is -6.91. The fourth-order valence-electron chi connectivity index (χ4n) is 1.25. The van der Waals surface area contributed by atoms with Crippen molar-refractivity contribution in [1.29, 1.82) is 0 Å². The molecule has 0 aliphatic rings. The van der Waals surface area contributed by atoms with Gasteiger partial charge in [-0.2, -0.15) is 34.8 Å². The molecule has 1 aromatic rings. The standard InChI is InChI=1S/C10H4Br2F8O2S2/c11-7(13,8(12,14)15)5-1-3-6(4-2-5)23-9(16,17)10(18,19)24(20,21)22/h1-4H. The summed E-state index contributed by atoms with van der Waals surface area (Å²) in [5.74, 6) is 0. The molecule has 0 amide bonds. The number of thioether (sulfide) groups is 1. The lowest BCUT2D eigenvalue weighted by molar-refractivity contribution is -0.0927. The highest BCUT2D eigenvalue weighted by molar-refractivity contribution is 9.12. The van der Waals surface area contributed by atoms with Gasteiger partial charge in [0, 0.05) is 10.5 Å². The highest BCUT2D eigenvalue weighted by Gasteiger charge is 2.67. The molecule has 24 heavy (non-hydrogen) atoms. The van der Waals surface area contributed by atoms with Crippen LogP contribution in [0.1, 0.15) is 5.56 Å². The van der Waals surface area contributed by atoms with Crippen LogP contribution in [-0.4, -0.2) is 23.8 Å². The lowest BCUT2D eigenvalue weighted by atomic mass is 10.1. The summed E-state index contributed by atoms with van der Waals surface area (Å²) in [4.78, 5) is -4.83. The van der Waals surface area contributed by atoms with Crippen LogP contribution in [0.15, 0.2) is 29.2 Å². The Bertz CT molecular complexity index is 701. The van der Waals surface area contributed by atoms with Gasteiger partial charge in [-0.25, -0.2) is 4.39 Å². The molecule has 0 aliphatic carbocycles. The van der Waals surface area contributed by atoms with Crippen LogP contribution in [-0.2, 0) is 14.8 Å². The molecule has 0 bridgehead atoms. The van der Waals surface area contributed by atoms with Gasteiger partial charge in [-0.1, -0.05) is 16.0 Å². The highest BCUT2D eigenvalue weighted by Crippen LogP contribution is 2.52. The molecule has 1 unspecified atom stereocenters. The van der Waals surface area contributed by atoms with Crippen LogP contribution in [0, 0.1) is 0 Å². The molecular formula is C10H4Br2F8O2S2. The molecule has 2 nitrogen and oxygen atoms in total. The quantitative estimate of drug-likeness (QED) is 0.202. The van der Waals surface area contributed by atoms with Crippen LogP contribution >= 0.6 is 43.6 Å². The number of rotatable bonds is 6. The first-order valence-corrected chi connectivity index (χ1v) is 9.16. The van der Waals surface area contributed by atoms with E-state index in [4.69, 9.17) is 0 Å². The maximum absolute atomic E-state index is 13.9. The predicted octanol–water partition coefficient (Wildman–Crippen LogP) is 5.77. The summed E-state index contributed by atoms with van der Waals surface area (Å²) < 4.78 is 121. The Kier molecular flexibility index (Phi) is 6.02. The third-order valence-corrected chi connectivity index (χ3v) is 6.52. The average Bonchev–Trinajstić information content (AvgIpc) is 2.36. The van der Waals surface area contributed by atoms with E-state index in [9.17, 15) is 43.0 Å². The Morgan fingerprint density at radius 3 is 1.62 bits per heavy atom. The minimum atomic E-state index is -6.91. The molecule has 0 aromatic heterocycles. The topological polar surface area (TPSA) is 34.1 Å². The van der Waals surface area contributed by atoms with Crippen LogP contribution in [0.3, 0.4) is 0 Å². The van der Waals surface area contributed by atoms with Crippen molar-refractivity contribution in [2.24, 2.45) is 0 Å². The van der Waals surface area contributed by atoms with Crippen molar-refractivity contribution >= 4 is 53.8 Å². The number of alkyl halides is 9. The molecule has 0 aliphatic heterocycles. The second-order valence-corrected chi connectivity index (χ2v) is 8.84. The minimum Gasteiger partial charge on any atom is -0.218 e. The van der Waals surface area contributed by atoms with E-state index in [-0.39, 0.29) is 0 Å². The summed E-state index contributed by atoms with van der Waals surface area (Å²) >= 11 is 2.82. The van der Waals surface area contributed by atoms with Crippen LogP contribution in [0.4, 0.5) is 34.6 Å². The van der Waals surface area contributed by atoms with E-state index >= 15 is 0 Å². The van der Waals surface area contributed by atoms with Crippen molar-refractivity contribution in [3.8, 4) is 0 Å². The largest absolute Gasteiger partial charge is 0.446 e. The van der Waals surface area contributed by atoms with Crippen molar-refractivity contribution in [3.05, 3.63) is 29.8 Å². The van der Waals surface area contributed by atoms with Gasteiger partial charge in [0.05, 0.1) is 0 Å². The third kappa shape index (κ3) is 4.18. The monoisotopic (exact) mass is 530 g/mol. The van der Waals surface area contributed by atoms with E-state index in [1.54, 1.807) is 15.9 Å². The maximum Gasteiger partial charge on any atom is 0.446 e. The molecule has 0 spiro atoms. The van der Waals surface area contributed by atoms with Crippen LogP contribution < -0.4 is 0 Å². The number of hydrogen-bond donors (Lipinski definition) is 0. The van der Waals surface area contributed by atoms with Crippen LogP contribution in [0.2, 0.25) is 0 Å². The fraction of sp³-hybridized carbons (Fsp3) is 0.400.